The molecule has 0 aromatic heterocycles. The van der Waals surface area contributed by atoms with E-state index in [2.05, 4.69) is 19.1 Å². The largest absolute Gasteiger partial charge is 0.304 e. The molecular formula is C14H15N. The molecule has 1 unspecified atom stereocenters. The van der Waals surface area contributed by atoms with Crippen molar-refractivity contribution in [1.82, 2.24) is 0 Å². The molecule has 2 rings (SSSR count). The van der Waals surface area contributed by atoms with E-state index in [1.165, 1.54) is 0 Å². The minimum atomic E-state index is -0.143. The maximum Gasteiger partial charge on any atom is 0.0486 e. The summed E-state index contributed by atoms with van der Waals surface area (Å²) < 4.78 is 0. The minimum absolute atomic E-state index is 0.143. The summed E-state index contributed by atoms with van der Waals surface area (Å²) in [5, 5.41) is 8.24. The molecule has 0 spiro atoms. The molecule has 1 N–H and O–H groups in total. The second kappa shape index (κ2) is 3.85. The standard InChI is InChI=1S/C14H15N/c1-14(10-6-3-7-11-14)13(15)12-8-4-2-5-9-12/h2-10,15H,11H2,1H3. The number of nitrogens with one attached hydrogen (secondary N) is 1. The number of hydrogen-bond acceptors (Lipinski definition) is 1. The van der Waals surface area contributed by atoms with Crippen molar-refractivity contribution in [2.45, 2.75) is 13.3 Å². The average Bonchev–Trinajstić information content (AvgIpc) is 2.30. The van der Waals surface area contributed by atoms with Gasteiger partial charge in [0.1, 0.15) is 0 Å². The van der Waals surface area contributed by atoms with Crippen LogP contribution in [0.4, 0.5) is 0 Å². The number of hydrogen-bond donors (Lipinski definition) is 1. The molecule has 1 aliphatic carbocycles. The third-order valence-corrected chi connectivity index (χ3v) is 2.89. The van der Waals surface area contributed by atoms with Gasteiger partial charge >= 0.3 is 0 Å². The van der Waals surface area contributed by atoms with Crippen molar-refractivity contribution in [2.24, 2.45) is 5.41 Å². The fourth-order valence-corrected chi connectivity index (χ4v) is 1.85. The summed E-state index contributed by atoms with van der Waals surface area (Å²) in [5.41, 5.74) is 1.57. The Bertz CT molecular complexity index is 414. The van der Waals surface area contributed by atoms with E-state index in [-0.39, 0.29) is 5.41 Å². The minimum Gasteiger partial charge on any atom is -0.304 e. The van der Waals surface area contributed by atoms with Gasteiger partial charge in [-0.05, 0) is 12.0 Å². The van der Waals surface area contributed by atoms with E-state index in [1.54, 1.807) is 0 Å². The SMILES string of the molecule is CC1(C(=N)c2ccccc2)C=CC=CC1. The molecule has 0 amide bonds. The van der Waals surface area contributed by atoms with E-state index in [1.807, 2.05) is 42.5 Å². The Balaban J connectivity index is 2.29. The highest BCUT2D eigenvalue weighted by Gasteiger charge is 2.27. The highest BCUT2D eigenvalue weighted by atomic mass is 14.5. The molecule has 0 aliphatic heterocycles. The first-order valence-electron chi connectivity index (χ1n) is 5.21. The first-order valence-corrected chi connectivity index (χ1v) is 5.21. The second-order valence-corrected chi connectivity index (χ2v) is 4.15. The number of allylic oxidation sites excluding steroid dienone is 4. The number of rotatable bonds is 2. The lowest BCUT2D eigenvalue weighted by atomic mass is 9.77. The van der Waals surface area contributed by atoms with Crippen LogP contribution in [-0.4, -0.2) is 5.71 Å². The summed E-state index contributed by atoms with van der Waals surface area (Å²) in [6.07, 6.45) is 9.22. The average molecular weight is 197 g/mol. The summed E-state index contributed by atoms with van der Waals surface area (Å²) in [6, 6.07) is 9.94. The van der Waals surface area contributed by atoms with Crippen molar-refractivity contribution in [3.63, 3.8) is 0 Å². The first kappa shape index (κ1) is 9.91. The summed E-state index contributed by atoms with van der Waals surface area (Å²) >= 11 is 0. The van der Waals surface area contributed by atoms with Gasteiger partial charge < -0.3 is 5.41 Å². The molecule has 15 heavy (non-hydrogen) atoms. The Labute approximate surface area is 90.7 Å². The van der Waals surface area contributed by atoms with E-state index < -0.39 is 0 Å². The van der Waals surface area contributed by atoms with E-state index in [9.17, 15) is 0 Å². The van der Waals surface area contributed by atoms with Crippen LogP contribution < -0.4 is 0 Å². The van der Waals surface area contributed by atoms with Crippen molar-refractivity contribution < 1.29 is 0 Å². The Kier molecular flexibility index (Phi) is 2.55. The Morgan fingerprint density at radius 3 is 2.53 bits per heavy atom. The summed E-state index contributed by atoms with van der Waals surface area (Å²) in [7, 11) is 0. The first-order chi connectivity index (χ1) is 7.22. The summed E-state index contributed by atoms with van der Waals surface area (Å²) in [6.45, 7) is 2.11. The van der Waals surface area contributed by atoms with Gasteiger partial charge in [0.15, 0.2) is 0 Å². The quantitative estimate of drug-likeness (QED) is 0.701. The molecule has 1 heteroatoms. The lowest BCUT2D eigenvalue weighted by Crippen LogP contribution is -2.26. The van der Waals surface area contributed by atoms with Crippen molar-refractivity contribution >= 4 is 5.71 Å². The molecule has 1 atom stereocenters. The van der Waals surface area contributed by atoms with Gasteiger partial charge in [-0.1, -0.05) is 61.6 Å². The zero-order chi connectivity index (χ0) is 10.7. The van der Waals surface area contributed by atoms with Crippen molar-refractivity contribution in [3.05, 3.63) is 60.2 Å². The highest BCUT2D eigenvalue weighted by molar-refractivity contribution is 6.03. The molecule has 0 saturated heterocycles. The maximum atomic E-state index is 8.24. The lowest BCUT2D eigenvalue weighted by Gasteiger charge is -2.27. The van der Waals surface area contributed by atoms with Crippen LogP contribution in [0.3, 0.4) is 0 Å². The van der Waals surface area contributed by atoms with E-state index in [4.69, 9.17) is 5.41 Å². The van der Waals surface area contributed by atoms with Crippen LogP contribution in [0.15, 0.2) is 54.6 Å². The third kappa shape index (κ3) is 1.91. The summed E-state index contributed by atoms with van der Waals surface area (Å²) in [5.74, 6) is 0. The van der Waals surface area contributed by atoms with Gasteiger partial charge in [-0.15, -0.1) is 0 Å². The normalized spacial score (nSPS) is 24.1. The Morgan fingerprint density at radius 2 is 1.93 bits per heavy atom. The van der Waals surface area contributed by atoms with Crippen molar-refractivity contribution in [2.75, 3.05) is 0 Å². The lowest BCUT2D eigenvalue weighted by molar-refractivity contribution is 0.599. The topological polar surface area (TPSA) is 23.9 Å². The third-order valence-electron chi connectivity index (χ3n) is 2.89. The predicted octanol–water partition coefficient (Wildman–Crippen LogP) is 3.58. The molecule has 76 valence electrons. The molecular weight excluding hydrogens is 182 g/mol. The van der Waals surface area contributed by atoms with Crippen LogP contribution in [0, 0.1) is 10.8 Å². The smallest absolute Gasteiger partial charge is 0.0486 e. The van der Waals surface area contributed by atoms with Crippen molar-refractivity contribution in [3.8, 4) is 0 Å². The molecule has 0 heterocycles. The zero-order valence-electron chi connectivity index (χ0n) is 8.90. The van der Waals surface area contributed by atoms with E-state index in [0.717, 1.165) is 12.0 Å². The fourth-order valence-electron chi connectivity index (χ4n) is 1.85. The Morgan fingerprint density at radius 1 is 1.20 bits per heavy atom. The van der Waals surface area contributed by atoms with Crippen LogP contribution in [-0.2, 0) is 0 Å². The fraction of sp³-hybridized carbons (Fsp3) is 0.214. The van der Waals surface area contributed by atoms with Crippen LogP contribution >= 0.6 is 0 Å². The molecule has 1 aliphatic rings. The van der Waals surface area contributed by atoms with Gasteiger partial charge in [-0.3, -0.25) is 0 Å². The van der Waals surface area contributed by atoms with Crippen LogP contribution in [0.1, 0.15) is 18.9 Å². The molecule has 1 nitrogen and oxygen atoms in total. The molecule has 1 aromatic rings. The van der Waals surface area contributed by atoms with Crippen molar-refractivity contribution in [1.29, 1.82) is 5.41 Å². The van der Waals surface area contributed by atoms with Gasteiger partial charge in [0, 0.05) is 11.1 Å². The second-order valence-electron chi connectivity index (χ2n) is 4.15. The van der Waals surface area contributed by atoms with Crippen LogP contribution in [0.2, 0.25) is 0 Å². The van der Waals surface area contributed by atoms with Crippen LogP contribution in [0.5, 0.6) is 0 Å². The van der Waals surface area contributed by atoms with Gasteiger partial charge in [0.2, 0.25) is 0 Å². The molecule has 0 radical (unpaired) electrons. The van der Waals surface area contributed by atoms with E-state index >= 15 is 0 Å². The molecule has 0 saturated carbocycles. The number of benzene rings is 1. The predicted molar refractivity (Wildman–Crippen MR) is 64.3 cm³/mol. The van der Waals surface area contributed by atoms with Gasteiger partial charge in [-0.25, -0.2) is 0 Å². The Hall–Kier alpha value is -1.63. The highest BCUT2D eigenvalue weighted by Crippen LogP contribution is 2.31. The summed E-state index contributed by atoms with van der Waals surface area (Å²) in [4.78, 5) is 0. The van der Waals surface area contributed by atoms with E-state index in [0.29, 0.717) is 5.71 Å². The monoisotopic (exact) mass is 197 g/mol. The van der Waals surface area contributed by atoms with Gasteiger partial charge in [0.25, 0.3) is 0 Å². The van der Waals surface area contributed by atoms with Gasteiger partial charge in [-0.2, -0.15) is 0 Å². The molecule has 0 bridgehead atoms. The molecule has 0 fully saturated rings. The maximum absolute atomic E-state index is 8.24. The zero-order valence-corrected chi connectivity index (χ0v) is 8.90. The van der Waals surface area contributed by atoms with Crippen LogP contribution in [0.25, 0.3) is 0 Å². The molecule has 1 aromatic carbocycles. The van der Waals surface area contributed by atoms with Gasteiger partial charge in [0.05, 0.1) is 0 Å².